The Morgan fingerprint density at radius 2 is 1.95 bits per heavy atom. The third-order valence-electron chi connectivity index (χ3n) is 4.28. The zero-order valence-corrected chi connectivity index (χ0v) is 12.2. The first kappa shape index (κ1) is 13.6. The molecule has 2 saturated heterocycles. The van der Waals surface area contributed by atoms with Crippen molar-refractivity contribution >= 4 is 10.0 Å². The predicted molar refractivity (Wildman–Crippen MR) is 74.5 cm³/mol. The Bertz CT molecular complexity index is 666. The Labute approximate surface area is 119 Å². The lowest BCUT2D eigenvalue weighted by atomic mass is 10.0. The summed E-state index contributed by atoms with van der Waals surface area (Å²) in [6, 6.07) is 6.78. The molecule has 0 aliphatic carbocycles. The smallest absolute Gasteiger partial charge is 0.243 e. The quantitative estimate of drug-likeness (QED) is 0.871. The molecule has 0 radical (unpaired) electrons. The van der Waals surface area contributed by atoms with Crippen LogP contribution < -0.4 is 5.32 Å². The molecule has 2 fully saturated rings. The first-order valence-corrected chi connectivity index (χ1v) is 8.18. The van der Waals surface area contributed by atoms with Gasteiger partial charge in [0.2, 0.25) is 10.0 Å². The lowest BCUT2D eigenvalue weighted by Gasteiger charge is -2.18. The molecule has 106 valence electrons. The molecule has 0 bridgehead atoms. The van der Waals surface area contributed by atoms with Gasteiger partial charge in [0, 0.05) is 13.1 Å². The lowest BCUT2D eigenvalue weighted by molar-refractivity contribution is 0.447. The van der Waals surface area contributed by atoms with Crippen molar-refractivity contribution in [2.75, 3.05) is 26.2 Å². The Balaban J connectivity index is 1.91. The molecule has 1 aromatic carbocycles. The van der Waals surface area contributed by atoms with Gasteiger partial charge in [-0.15, -0.1) is 0 Å². The zero-order valence-electron chi connectivity index (χ0n) is 11.3. The molecule has 2 atom stereocenters. The summed E-state index contributed by atoms with van der Waals surface area (Å²) in [7, 11) is -3.44. The molecule has 6 heteroatoms. The van der Waals surface area contributed by atoms with Crippen molar-refractivity contribution in [2.24, 2.45) is 11.8 Å². The first-order valence-electron chi connectivity index (χ1n) is 6.74. The minimum absolute atomic E-state index is 0.324. The fraction of sp³-hybridized carbons (Fsp3) is 0.500. The molecule has 0 amide bonds. The maximum absolute atomic E-state index is 12.7. The highest BCUT2D eigenvalue weighted by molar-refractivity contribution is 7.89. The number of nitriles is 1. The lowest BCUT2D eigenvalue weighted by Crippen LogP contribution is -2.32. The van der Waals surface area contributed by atoms with E-state index in [0.29, 0.717) is 40.9 Å². The maximum atomic E-state index is 12.7. The van der Waals surface area contributed by atoms with Crippen LogP contribution in [0.5, 0.6) is 0 Å². The summed E-state index contributed by atoms with van der Waals surface area (Å²) < 4.78 is 27.0. The van der Waals surface area contributed by atoms with Crippen molar-refractivity contribution in [3.05, 3.63) is 29.3 Å². The molecule has 1 aromatic rings. The van der Waals surface area contributed by atoms with Gasteiger partial charge in [-0.2, -0.15) is 9.57 Å². The van der Waals surface area contributed by atoms with E-state index < -0.39 is 10.0 Å². The van der Waals surface area contributed by atoms with E-state index in [1.54, 1.807) is 29.4 Å². The monoisotopic (exact) mass is 291 g/mol. The van der Waals surface area contributed by atoms with E-state index >= 15 is 0 Å². The van der Waals surface area contributed by atoms with Gasteiger partial charge in [0.25, 0.3) is 0 Å². The second kappa shape index (κ2) is 4.85. The number of aryl methyl sites for hydroxylation is 1. The Morgan fingerprint density at radius 1 is 1.30 bits per heavy atom. The van der Waals surface area contributed by atoms with E-state index in [1.165, 1.54) is 0 Å². The van der Waals surface area contributed by atoms with E-state index in [1.807, 2.05) is 6.07 Å². The van der Waals surface area contributed by atoms with E-state index in [2.05, 4.69) is 5.32 Å². The van der Waals surface area contributed by atoms with Crippen molar-refractivity contribution in [3.63, 3.8) is 0 Å². The number of nitrogens with zero attached hydrogens (tertiary/aromatic N) is 2. The molecule has 0 spiro atoms. The van der Waals surface area contributed by atoms with Crippen LogP contribution in [0.4, 0.5) is 0 Å². The normalized spacial score (nSPS) is 26.4. The molecule has 3 rings (SSSR count). The molecule has 0 aromatic heterocycles. The van der Waals surface area contributed by atoms with Crippen LogP contribution in [0.15, 0.2) is 23.1 Å². The average molecular weight is 291 g/mol. The van der Waals surface area contributed by atoms with Crippen molar-refractivity contribution in [1.82, 2.24) is 9.62 Å². The summed E-state index contributed by atoms with van der Waals surface area (Å²) in [5.74, 6) is 0.868. The van der Waals surface area contributed by atoms with Crippen LogP contribution in [0.3, 0.4) is 0 Å². The Kier molecular flexibility index (Phi) is 3.28. The van der Waals surface area contributed by atoms with Crippen LogP contribution in [-0.4, -0.2) is 38.9 Å². The zero-order chi connectivity index (χ0) is 14.3. The molecule has 2 unspecified atom stereocenters. The van der Waals surface area contributed by atoms with Crippen molar-refractivity contribution in [2.45, 2.75) is 11.8 Å². The Hall–Kier alpha value is -1.42. The summed E-state index contributed by atoms with van der Waals surface area (Å²) in [6.45, 7) is 4.75. The summed E-state index contributed by atoms with van der Waals surface area (Å²) in [6.07, 6.45) is 0. The van der Waals surface area contributed by atoms with E-state index in [9.17, 15) is 8.42 Å². The number of fused-ring (bicyclic) bond motifs is 1. The molecular formula is C14H17N3O2S. The van der Waals surface area contributed by atoms with Crippen LogP contribution >= 0.6 is 0 Å². The number of hydrogen-bond donors (Lipinski definition) is 1. The number of benzene rings is 1. The second-order valence-corrected chi connectivity index (χ2v) is 7.50. The van der Waals surface area contributed by atoms with Gasteiger partial charge >= 0.3 is 0 Å². The van der Waals surface area contributed by atoms with E-state index in [-0.39, 0.29) is 0 Å². The van der Waals surface area contributed by atoms with Crippen LogP contribution in [0, 0.1) is 30.1 Å². The third kappa shape index (κ3) is 2.12. The number of rotatable bonds is 2. The highest BCUT2D eigenvalue weighted by atomic mass is 32.2. The molecule has 0 saturated carbocycles. The van der Waals surface area contributed by atoms with Gasteiger partial charge < -0.3 is 5.32 Å². The van der Waals surface area contributed by atoms with Gasteiger partial charge in [0.1, 0.15) is 0 Å². The first-order chi connectivity index (χ1) is 9.52. The number of nitrogens with one attached hydrogen (secondary N) is 1. The van der Waals surface area contributed by atoms with Crippen LogP contribution in [0.2, 0.25) is 0 Å². The van der Waals surface area contributed by atoms with Crippen molar-refractivity contribution < 1.29 is 8.42 Å². The Morgan fingerprint density at radius 3 is 2.50 bits per heavy atom. The average Bonchev–Trinajstić information content (AvgIpc) is 2.99. The van der Waals surface area contributed by atoms with Gasteiger partial charge in [0.05, 0.1) is 16.5 Å². The maximum Gasteiger partial charge on any atom is 0.243 e. The topological polar surface area (TPSA) is 73.2 Å². The molecular weight excluding hydrogens is 274 g/mol. The fourth-order valence-electron chi connectivity index (χ4n) is 3.16. The fourth-order valence-corrected chi connectivity index (χ4v) is 4.92. The molecule has 2 heterocycles. The molecule has 20 heavy (non-hydrogen) atoms. The van der Waals surface area contributed by atoms with E-state index in [4.69, 9.17) is 5.26 Å². The van der Waals surface area contributed by atoms with Gasteiger partial charge in [0.15, 0.2) is 0 Å². The van der Waals surface area contributed by atoms with E-state index in [0.717, 1.165) is 13.1 Å². The van der Waals surface area contributed by atoms with Gasteiger partial charge in [-0.3, -0.25) is 0 Å². The van der Waals surface area contributed by atoms with Crippen molar-refractivity contribution in [1.29, 1.82) is 5.26 Å². The molecule has 5 nitrogen and oxygen atoms in total. The highest BCUT2D eigenvalue weighted by Gasteiger charge is 2.41. The summed E-state index contributed by atoms with van der Waals surface area (Å²) in [5, 5.41) is 12.2. The predicted octanol–water partition coefficient (Wildman–Crippen LogP) is 0.707. The highest BCUT2D eigenvalue weighted by Crippen LogP contribution is 2.31. The minimum atomic E-state index is -3.44. The largest absolute Gasteiger partial charge is 0.316 e. The van der Waals surface area contributed by atoms with Crippen molar-refractivity contribution in [3.8, 4) is 6.07 Å². The number of hydrogen-bond acceptors (Lipinski definition) is 4. The van der Waals surface area contributed by atoms with Crippen LogP contribution in [-0.2, 0) is 10.0 Å². The second-order valence-electron chi connectivity index (χ2n) is 5.59. The summed E-state index contributed by atoms with van der Waals surface area (Å²) >= 11 is 0. The molecule has 2 aliphatic rings. The summed E-state index contributed by atoms with van der Waals surface area (Å²) in [5.41, 5.74) is 1.13. The molecule has 1 N–H and O–H groups in total. The van der Waals surface area contributed by atoms with Gasteiger partial charge in [-0.05, 0) is 55.6 Å². The van der Waals surface area contributed by atoms with Crippen LogP contribution in [0.1, 0.15) is 11.1 Å². The molecule has 2 aliphatic heterocycles. The number of sulfonamides is 1. The standard InChI is InChI=1S/C14H17N3O2S/c1-10-4-11(5-15)2-3-14(10)20(18,19)17-8-12-6-16-7-13(12)9-17/h2-4,12-13,16H,6-9H2,1H3. The SMILES string of the molecule is Cc1cc(C#N)ccc1S(=O)(=O)N1CC2CNCC2C1. The van der Waals surface area contributed by atoms with Gasteiger partial charge in [-0.1, -0.05) is 0 Å². The van der Waals surface area contributed by atoms with Gasteiger partial charge in [-0.25, -0.2) is 8.42 Å². The minimum Gasteiger partial charge on any atom is -0.316 e. The third-order valence-corrected chi connectivity index (χ3v) is 6.27. The van der Waals surface area contributed by atoms with Crippen LogP contribution in [0.25, 0.3) is 0 Å². The summed E-state index contributed by atoms with van der Waals surface area (Å²) in [4.78, 5) is 0.324.